The summed E-state index contributed by atoms with van der Waals surface area (Å²) in [5.41, 5.74) is 2.86. The molecule has 34 heavy (non-hydrogen) atoms. The summed E-state index contributed by atoms with van der Waals surface area (Å²) < 4.78 is 2.45. The van der Waals surface area contributed by atoms with Crippen LogP contribution >= 0.6 is 11.6 Å². The lowest BCUT2D eigenvalue weighted by Gasteiger charge is -2.34. The highest BCUT2D eigenvalue weighted by atomic mass is 35.5. The average Bonchev–Trinajstić information content (AvgIpc) is 3.03. The van der Waals surface area contributed by atoms with Crippen LogP contribution in [0.25, 0.3) is 0 Å². The van der Waals surface area contributed by atoms with Crippen molar-refractivity contribution in [1.82, 2.24) is 4.90 Å². The Morgan fingerprint density at radius 1 is 0.882 bits per heavy atom. The first-order valence-corrected chi connectivity index (χ1v) is 14.4. The molecule has 1 aromatic carbocycles. The summed E-state index contributed by atoms with van der Waals surface area (Å²) in [6.07, 6.45) is 18.1. The Bertz CT molecular complexity index is 829. The third kappa shape index (κ3) is 7.10. The smallest absolute Gasteiger partial charge is 0.277 e. The summed E-state index contributed by atoms with van der Waals surface area (Å²) in [6.45, 7) is 9.46. The van der Waals surface area contributed by atoms with Gasteiger partial charge in [0.15, 0.2) is 0 Å². The Balaban J connectivity index is 1.46. The van der Waals surface area contributed by atoms with E-state index in [9.17, 15) is 5.11 Å². The number of hydrogen-bond acceptors (Lipinski definition) is 2. The quantitative estimate of drug-likeness (QED) is 0.200. The van der Waals surface area contributed by atoms with E-state index < -0.39 is 5.72 Å². The SMILES string of the molecule is CCCCCCCCCCCCCCC1(O)C(C)=C(C)C2=[N+](Cc3ccc(Cl)cc3)CCCN21. The molecule has 4 heteroatoms. The number of halogens is 1. The molecule has 3 rings (SSSR count). The van der Waals surface area contributed by atoms with Gasteiger partial charge in [0.25, 0.3) is 5.84 Å². The maximum absolute atomic E-state index is 11.8. The molecule has 1 aromatic rings. The molecular formula is C30H48ClN2O+. The van der Waals surface area contributed by atoms with Crippen LogP contribution in [0.3, 0.4) is 0 Å². The average molecular weight is 488 g/mol. The summed E-state index contributed by atoms with van der Waals surface area (Å²) in [6, 6.07) is 8.16. The fourth-order valence-electron chi connectivity index (χ4n) is 5.77. The molecule has 0 bridgehead atoms. The molecule has 0 fully saturated rings. The number of hydrogen-bond donors (Lipinski definition) is 1. The molecule has 190 valence electrons. The number of amidine groups is 1. The zero-order chi connectivity index (χ0) is 24.4. The first-order valence-electron chi connectivity index (χ1n) is 14.0. The molecule has 2 heterocycles. The fraction of sp³-hybridized carbons (Fsp3) is 0.700. The minimum absolute atomic E-state index is 0.779. The second-order valence-electron chi connectivity index (χ2n) is 10.6. The molecule has 2 aliphatic heterocycles. The van der Waals surface area contributed by atoms with Gasteiger partial charge in [-0.2, -0.15) is 0 Å². The highest BCUT2D eigenvalue weighted by molar-refractivity contribution is 6.30. The van der Waals surface area contributed by atoms with Gasteiger partial charge in [0.2, 0.25) is 5.72 Å². The topological polar surface area (TPSA) is 26.5 Å². The lowest BCUT2D eigenvalue weighted by Crippen LogP contribution is -2.53. The van der Waals surface area contributed by atoms with Crippen molar-refractivity contribution >= 4 is 17.4 Å². The van der Waals surface area contributed by atoms with E-state index in [1.165, 1.54) is 87.6 Å². The Morgan fingerprint density at radius 3 is 2.03 bits per heavy atom. The van der Waals surface area contributed by atoms with Crippen molar-refractivity contribution in [2.75, 3.05) is 13.1 Å². The van der Waals surface area contributed by atoms with Gasteiger partial charge >= 0.3 is 0 Å². The minimum atomic E-state index is -0.809. The van der Waals surface area contributed by atoms with Gasteiger partial charge in [0.1, 0.15) is 6.54 Å². The van der Waals surface area contributed by atoms with E-state index in [1.54, 1.807) is 0 Å². The van der Waals surface area contributed by atoms with E-state index in [4.69, 9.17) is 11.6 Å². The summed E-state index contributed by atoms with van der Waals surface area (Å²) in [5.74, 6) is 1.24. The number of aliphatic hydroxyl groups is 1. The van der Waals surface area contributed by atoms with Crippen LogP contribution in [0.1, 0.15) is 116 Å². The molecule has 0 saturated heterocycles. The maximum atomic E-state index is 11.8. The highest BCUT2D eigenvalue weighted by Crippen LogP contribution is 2.39. The molecule has 3 nitrogen and oxygen atoms in total. The summed E-state index contributed by atoms with van der Waals surface area (Å²) in [4.78, 5) is 2.30. The Labute approximate surface area is 213 Å². The normalized spacial score (nSPS) is 20.4. The molecule has 1 atom stereocenters. The van der Waals surface area contributed by atoms with Gasteiger partial charge in [0.05, 0.1) is 13.1 Å². The van der Waals surface area contributed by atoms with Crippen LogP contribution in [0.4, 0.5) is 0 Å². The molecule has 1 unspecified atom stereocenters. The number of nitrogens with zero attached hydrogens (tertiary/aromatic N) is 2. The van der Waals surface area contributed by atoms with Crippen LogP contribution < -0.4 is 0 Å². The highest BCUT2D eigenvalue weighted by Gasteiger charge is 2.53. The van der Waals surface area contributed by atoms with Gasteiger partial charge in [-0.15, -0.1) is 0 Å². The number of unbranched alkanes of at least 4 members (excludes halogenated alkanes) is 11. The van der Waals surface area contributed by atoms with Gasteiger partial charge in [-0.3, -0.25) is 4.58 Å². The second kappa shape index (κ2) is 13.7. The number of rotatable bonds is 15. The molecule has 0 amide bonds. The number of fused-ring (bicyclic) bond motifs is 1. The molecule has 0 aliphatic carbocycles. The Kier molecular flexibility index (Phi) is 11.0. The van der Waals surface area contributed by atoms with Crippen molar-refractivity contribution in [2.45, 2.75) is 123 Å². The third-order valence-electron chi connectivity index (χ3n) is 7.98. The first kappa shape index (κ1) is 27.3. The zero-order valence-corrected chi connectivity index (χ0v) is 22.8. The van der Waals surface area contributed by atoms with E-state index in [0.717, 1.165) is 49.5 Å². The zero-order valence-electron chi connectivity index (χ0n) is 22.0. The van der Waals surface area contributed by atoms with Crippen LogP contribution in [0.2, 0.25) is 5.02 Å². The van der Waals surface area contributed by atoms with Gasteiger partial charge < -0.3 is 5.11 Å². The van der Waals surface area contributed by atoms with Crippen LogP contribution in [0.5, 0.6) is 0 Å². The molecule has 0 spiro atoms. The largest absolute Gasteiger partial charge is 0.350 e. The van der Waals surface area contributed by atoms with Crippen LogP contribution in [-0.2, 0) is 6.54 Å². The van der Waals surface area contributed by atoms with Crippen molar-refractivity contribution in [2.24, 2.45) is 0 Å². The van der Waals surface area contributed by atoms with Gasteiger partial charge in [-0.1, -0.05) is 101 Å². The van der Waals surface area contributed by atoms with E-state index in [1.807, 2.05) is 12.1 Å². The molecule has 2 aliphatic rings. The number of benzene rings is 1. The van der Waals surface area contributed by atoms with Crippen LogP contribution in [0, 0.1) is 0 Å². The lowest BCUT2D eigenvalue weighted by molar-refractivity contribution is -0.554. The Morgan fingerprint density at radius 2 is 1.44 bits per heavy atom. The standard InChI is InChI=1S/C30H48ClN2O/c1-4-5-6-7-8-9-10-11-12-13-14-15-21-30(34)26(3)25(2)29-32(22-16-23-33(29)30)24-27-17-19-28(31)20-18-27/h17-20,34H,4-16,21-24H2,1-3H3/q+1. The third-order valence-corrected chi connectivity index (χ3v) is 8.23. The fourth-order valence-corrected chi connectivity index (χ4v) is 5.90. The van der Waals surface area contributed by atoms with Crippen LogP contribution in [-0.4, -0.2) is 39.2 Å². The minimum Gasteiger partial charge on any atom is -0.350 e. The van der Waals surface area contributed by atoms with Crippen LogP contribution in [0.15, 0.2) is 35.4 Å². The molecule has 0 saturated carbocycles. The van der Waals surface area contributed by atoms with E-state index in [0.29, 0.717) is 0 Å². The Hall–Kier alpha value is -1.32. The van der Waals surface area contributed by atoms with Crippen molar-refractivity contribution in [3.8, 4) is 0 Å². The molecular weight excluding hydrogens is 440 g/mol. The van der Waals surface area contributed by atoms with Gasteiger partial charge in [-0.05, 0) is 38.0 Å². The van der Waals surface area contributed by atoms with Crippen molar-refractivity contribution in [3.05, 3.63) is 46.0 Å². The van der Waals surface area contributed by atoms with Gasteiger partial charge in [-0.25, -0.2) is 4.90 Å². The predicted octanol–water partition coefficient (Wildman–Crippen LogP) is 8.09. The van der Waals surface area contributed by atoms with Crippen molar-refractivity contribution in [1.29, 1.82) is 0 Å². The summed E-state index contributed by atoms with van der Waals surface area (Å²) in [5, 5.41) is 12.6. The van der Waals surface area contributed by atoms with Gasteiger partial charge in [0, 0.05) is 29.0 Å². The lowest BCUT2D eigenvalue weighted by atomic mass is 9.96. The van der Waals surface area contributed by atoms with E-state index >= 15 is 0 Å². The van der Waals surface area contributed by atoms with E-state index in [-0.39, 0.29) is 0 Å². The van der Waals surface area contributed by atoms with Crippen molar-refractivity contribution in [3.63, 3.8) is 0 Å². The van der Waals surface area contributed by atoms with Crippen molar-refractivity contribution < 1.29 is 9.68 Å². The first-order chi connectivity index (χ1) is 16.5. The molecule has 0 aromatic heterocycles. The summed E-state index contributed by atoms with van der Waals surface area (Å²) in [7, 11) is 0. The van der Waals surface area contributed by atoms with E-state index in [2.05, 4.69) is 42.4 Å². The monoisotopic (exact) mass is 487 g/mol. The second-order valence-corrected chi connectivity index (χ2v) is 11.0. The summed E-state index contributed by atoms with van der Waals surface area (Å²) >= 11 is 6.08. The predicted molar refractivity (Wildman–Crippen MR) is 146 cm³/mol. The molecule has 0 radical (unpaired) electrons. The maximum Gasteiger partial charge on any atom is 0.277 e. The molecule has 1 N–H and O–H groups in total.